The zero-order chi connectivity index (χ0) is 15.5. The predicted molar refractivity (Wildman–Crippen MR) is 96.2 cm³/mol. The lowest BCUT2D eigenvalue weighted by molar-refractivity contribution is 1.29. The molecule has 0 aliphatic rings. The molecule has 0 unspecified atom stereocenters. The highest BCUT2D eigenvalue weighted by molar-refractivity contribution is 7.18. The van der Waals surface area contributed by atoms with Gasteiger partial charge in [0.2, 0.25) is 0 Å². The number of pyridine rings is 1. The molecule has 0 amide bonds. The standard InChI is InChI=1S/C20H14N2S/c1-3-9-15(10-4-1)18-19(16-11-5-2-6-12-16)23-20(22-18)17-13-7-8-14-21-17/h1-14H. The van der Waals surface area contributed by atoms with E-state index in [9.17, 15) is 0 Å². The quantitative estimate of drug-likeness (QED) is 0.496. The van der Waals surface area contributed by atoms with Gasteiger partial charge in [0.25, 0.3) is 0 Å². The van der Waals surface area contributed by atoms with E-state index in [2.05, 4.69) is 41.4 Å². The zero-order valence-electron chi connectivity index (χ0n) is 12.4. The predicted octanol–water partition coefficient (Wildman–Crippen LogP) is 5.54. The van der Waals surface area contributed by atoms with E-state index in [1.807, 2.05) is 42.5 Å². The van der Waals surface area contributed by atoms with E-state index in [1.165, 1.54) is 10.4 Å². The second kappa shape index (κ2) is 6.15. The third-order valence-corrected chi connectivity index (χ3v) is 4.72. The summed E-state index contributed by atoms with van der Waals surface area (Å²) in [7, 11) is 0. The first-order chi connectivity index (χ1) is 11.4. The maximum absolute atomic E-state index is 4.88. The van der Waals surface area contributed by atoms with E-state index < -0.39 is 0 Å². The zero-order valence-corrected chi connectivity index (χ0v) is 13.2. The molecule has 0 N–H and O–H groups in total. The van der Waals surface area contributed by atoms with E-state index in [0.717, 1.165) is 22.0 Å². The molecule has 0 radical (unpaired) electrons. The van der Waals surface area contributed by atoms with Crippen molar-refractivity contribution in [3.8, 4) is 32.4 Å². The molecule has 23 heavy (non-hydrogen) atoms. The van der Waals surface area contributed by atoms with Crippen molar-refractivity contribution in [2.75, 3.05) is 0 Å². The SMILES string of the molecule is c1ccc(-c2nc(-c3ccccn3)sc2-c2ccccc2)cc1. The molecule has 0 aliphatic carbocycles. The lowest BCUT2D eigenvalue weighted by Crippen LogP contribution is -1.83. The molecule has 4 aromatic rings. The number of nitrogens with zero attached hydrogens (tertiary/aromatic N) is 2. The Kier molecular flexibility index (Phi) is 3.70. The number of rotatable bonds is 3. The van der Waals surface area contributed by atoms with Crippen molar-refractivity contribution >= 4 is 11.3 Å². The first-order valence-corrected chi connectivity index (χ1v) is 8.26. The van der Waals surface area contributed by atoms with Crippen LogP contribution in [0.1, 0.15) is 0 Å². The monoisotopic (exact) mass is 314 g/mol. The van der Waals surface area contributed by atoms with Crippen molar-refractivity contribution in [3.63, 3.8) is 0 Å². The molecule has 0 spiro atoms. The Labute approximate surface area is 139 Å². The van der Waals surface area contributed by atoms with Crippen LogP contribution in [-0.2, 0) is 0 Å². The van der Waals surface area contributed by atoms with Crippen LogP contribution in [0.25, 0.3) is 32.4 Å². The summed E-state index contributed by atoms with van der Waals surface area (Å²) >= 11 is 1.69. The van der Waals surface area contributed by atoms with Gasteiger partial charge in [-0.25, -0.2) is 4.98 Å². The summed E-state index contributed by atoms with van der Waals surface area (Å²) in [4.78, 5) is 10.5. The van der Waals surface area contributed by atoms with Crippen molar-refractivity contribution in [2.24, 2.45) is 0 Å². The van der Waals surface area contributed by atoms with Crippen LogP contribution < -0.4 is 0 Å². The molecule has 0 atom stereocenters. The molecule has 4 rings (SSSR count). The van der Waals surface area contributed by atoms with Crippen LogP contribution in [-0.4, -0.2) is 9.97 Å². The summed E-state index contributed by atoms with van der Waals surface area (Å²) in [5.41, 5.74) is 4.25. The van der Waals surface area contributed by atoms with Crippen LogP contribution in [0, 0.1) is 0 Å². The van der Waals surface area contributed by atoms with Gasteiger partial charge in [0, 0.05) is 11.8 Å². The van der Waals surface area contributed by atoms with Crippen molar-refractivity contribution in [1.29, 1.82) is 0 Å². The molecular formula is C20H14N2S. The normalized spacial score (nSPS) is 10.6. The molecule has 2 aromatic carbocycles. The minimum absolute atomic E-state index is 0.914. The molecule has 2 nitrogen and oxygen atoms in total. The second-order valence-corrected chi connectivity index (χ2v) is 6.14. The molecule has 0 saturated carbocycles. The van der Waals surface area contributed by atoms with Gasteiger partial charge in [0.1, 0.15) is 5.01 Å². The molecule has 0 saturated heterocycles. The van der Waals surface area contributed by atoms with Crippen molar-refractivity contribution in [2.45, 2.75) is 0 Å². The Morgan fingerprint density at radius 2 is 1.30 bits per heavy atom. The lowest BCUT2D eigenvalue weighted by atomic mass is 10.1. The highest BCUT2D eigenvalue weighted by Crippen LogP contribution is 2.39. The lowest BCUT2D eigenvalue weighted by Gasteiger charge is -2.02. The van der Waals surface area contributed by atoms with Crippen LogP contribution in [0.3, 0.4) is 0 Å². The molecule has 0 bridgehead atoms. The molecule has 2 heterocycles. The fourth-order valence-corrected chi connectivity index (χ4v) is 3.57. The molecule has 3 heteroatoms. The van der Waals surface area contributed by atoms with Gasteiger partial charge in [0.15, 0.2) is 0 Å². The number of benzene rings is 2. The van der Waals surface area contributed by atoms with E-state index in [-0.39, 0.29) is 0 Å². The van der Waals surface area contributed by atoms with Gasteiger partial charge in [-0.2, -0.15) is 0 Å². The number of aromatic nitrogens is 2. The first-order valence-electron chi connectivity index (χ1n) is 7.45. The first kappa shape index (κ1) is 13.9. The van der Waals surface area contributed by atoms with Crippen LogP contribution in [0.5, 0.6) is 0 Å². The Hall–Kier alpha value is -2.78. The number of hydrogen-bond donors (Lipinski definition) is 0. The fourth-order valence-electron chi connectivity index (χ4n) is 2.50. The summed E-state index contributed by atoms with van der Waals surface area (Å²) < 4.78 is 0. The van der Waals surface area contributed by atoms with Gasteiger partial charge in [-0.1, -0.05) is 66.7 Å². The average molecular weight is 314 g/mol. The summed E-state index contributed by atoms with van der Waals surface area (Å²) in [5.74, 6) is 0. The van der Waals surface area contributed by atoms with Gasteiger partial charge < -0.3 is 0 Å². The summed E-state index contributed by atoms with van der Waals surface area (Å²) in [6, 6.07) is 26.6. The largest absolute Gasteiger partial charge is 0.254 e. The maximum Gasteiger partial charge on any atom is 0.143 e. The van der Waals surface area contributed by atoms with E-state index in [0.29, 0.717) is 0 Å². The van der Waals surface area contributed by atoms with Gasteiger partial charge in [-0.05, 0) is 17.7 Å². The van der Waals surface area contributed by atoms with E-state index >= 15 is 0 Å². The van der Waals surface area contributed by atoms with Crippen LogP contribution in [0.4, 0.5) is 0 Å². The van der Waals surface area contributed by atoms with Crippen LogP contribution in [0.15, 0.2) is 85.1 Å². The number of hydrogen-bond acceptors (Lipinski definition) is 3. The molecular weight excluding hydrogens is 300 g/mol. The van der Waals surface area contributed by atoms with Crippen LogP contribution in [0.2, 0.25) is 0 Å². The van der Waals surface area contributed by atoms with E-state index in [4.69, 9.17) is 4.98 Å². The Morgan fingerprint density at radius 3 is 1.96 bits per heavy atom. The summed E-state index contributed by atoms with van der Waals surface area (Å²) in [5, 5.41) is 0.948. The molecule has 2 aromatic heterocycles. The number of thiazole rings is 1. The molecule has 110 valence electrons. The average Bonchev–Trinajstić information content (AvgIpc) is 3.09. The third kappa shape index (κ3) is 2.79. The third-order valence-electron chi connectivity index (χ3n) is 3.59. The Bertz CT molecular complexity index is 843. The van der Waals surface area contributed by atoms with Gasteiger partial charge in [0.05, 0.1) is 16.3 Å². The summed E-state index contributed by atoms with van der Waals surface area (Å²) in [6.07, 6.45) is 1.81. The van der Waals surface area contributed by atoms with Crippen molar-refractivity contribution in [3.05, 3.63) is 85.1 Å². The fraction of sp³-hybridized carbons (Fsp3) is 0. The van der Waals surface area contributed by atoms with E-state index in [1.54, 1.807) is 17.5 Å². The van der Waals surface area contributed by atoms with Crippen molar-refractivity contribution < 1.29 is 0 Å². The minimum Gasteiger partial charge on any atom is -0.254 e. The maximum atomic E-state index is 4.88. The summed E-state index contributed by atoms with van der Waals surface area (Å²) in [6.45, 7) is 0. The van der Waals surface area contributed by atoms with Crippen molar-refractivity contribution in [1.82, 2.24) is 9.97 Å². The van der Waals surface area contributed by atoms with Gasteiger partial charge in [-0.15, -0.1) is 11.3 Å². The Balaban J connectivity index is 1.91. The second-order valence-electron chi connectivity index (χ2n) is 5.14. The smallest absolute Gasteiger partial charge is 0.143 e. The minimum atomic E-state index is 0.914. The molecule has 0 fully saturated rings. The highest BCUT2D eigenvalue weighted by atomic mass is 32.1. The van der Waals surface area contributed by atoms with Crippen LogP contribution >= 0.6 is 11.3 Å². The van der Waals surface area contributed by atoms with Gasteiger partial charge in [-0.3, -0.25) is 4.98 Å². The molecule has 0 aliphatic heterocycles. The Morgan fingerprint density at radius 1 is 0.652 bits per heavy atom. The van der Waals surface area contributed by atoms with Gasteiger partial charge >= 0.3 is 0 Å². The highest BCUT2D eigenvalue weighted by Gasteiger charge is 2.16. The topological polar surface area (TPSA) is 25.8 Å².